The Morgan fingerprint density at radius 1 is 1.19 bits per heavy atom. The molecule has 0 spiro atoms. The Balaban J connectivity index is 2.00. The first-order chi connectivity index (χ1) is 10.2. The third kappa shape index (κ3) is 2.23. The minimum atomic E-state index is -0.325. The van der Waals surface area contributed by atoms with Gasteiger partial charge < -0.3 is 5.32 Å². The maximum Gasteiger partial charge on any atom is 0.276 e. The van der Waals surface area contributed by atoms with Crippen molar-refractivity contribution < 1.29 is 4.79 Å². The SMILES string of the molecule is Cn1nc(C(=O)Nc2ccccc2C#N)c2ccccc21. The van der Waals surface area contributed by atoms with Crippen LogP contribution >= 0.6 is 0 Å². The summed E-state index contributed by atoms with van der Waals surface area (Å²) in [5, 5.41) is 16.8. The molecule has 0 radical (unpaired) electrons. The number of nitrogens with zero attached hydrogens (tertiary/aromatic N) is 3. The van der Waals surface area contributed by atoms with E-state index in [1.54, 1.807) is 36.0 Å². The summed E-state index contributed by atoms with van der Waals surface area (Å²) in [6.45, 7) is 0. The molecule has 0 aliphatic heterocycles. The predicted molar refractivity (Wildman–Crippen MR) is 79.8 cm³/mol. The first-order valence-electron chi connectivity index (χ1n) is 6.43. The summed E-state index contributed by atoms with van der Waals surface area (Å²) in [5.74, 6) is -0.325. The number of benzene rings is 2. The van der Waals surface area contributed by atoms with Crippen LogP contribution in [0.25, 0.3) is 10.9 Å². The lowest BCUT2D eigenvalue weighted by Crippen LogP contribution is -2.14. The molecule has 5 heteroatoms. The van der Waals surface area contributed by atoms with Crippen LogP contribution in [0.15, 0.2) is 48.5 Å². The van der Waals surface area contributed by atoms with Gasteiger partial charge in [-0.05, 0) is 18.2 Å². The van der Waals surface area contributed by atoms with Gasteiger partial charge >= 0.3 is 0 Å². The van der Waals surface area contributed by atoms with E-state index in [1.165, 1.54) is 0 Å². The average molecular weight is 276 g/mol. The van der Waals surface area contributed by atoms with Crippen molar-refractivity contribution in [3.8, 4) is 6.07 Å². The summed E-state index contributed by atoms with van der Waals surface area (Å²) in [4.78, 5) is 12.4. The Hall–Kier alpha value is -3.13. The Labute approximate surface area is 121 Å². The fourth-order valence-electron chi connectivity index (χ4n) is 2.25. The normalized spacial score (nSPS) is 10.3. The standard InChI is InChI=1S/C16H12N4O/c1-20-14-9-5-3-7-12(14)15(19-20)16(21)18-13-8-4-2-6-11(13)10-17/h2-9H,1H3,(H,18,21). The molecular formula is C16H12N4O. The van der Waals surface area contributed by atoms with Gasteiger partial charge in [-0.25, -0.2) is 0 Å². The zero-order valence-corrected chi connectivity index (χ0v) is 11.4. The molecule has 1 aromatic heterocycles. The number of rotatable bonds is 2. The molecule has 1 amide bonds. The number of amides is 1. The van der Waals surface area contributed by atoms with E-state index >= 15 is 0 Å². The first kappa shape index (κ1) is 12.9. The topological polar surface area (TPSA) is 70.7 Å². The molecule has 21 heavy (non-hydrogen) atoms. The number of carbonyl (C=O) groups is 1. The van der Waals surface area contributed by atoms with Crippen molar-refractivity contribution >= 4 is 22.5 Å². The fraction of sp³-hybridized carbons (Fsp3) is 0.0625. The monoisotopic (exact) mass is 276 g/mol. The molecule has 3 aromatic rings. The molecule has 5 nitrogen and oxygen atoms in total. The van der Waals surface area contributed by atoms with E-state index in [4.69, 9.17) is 5.26 Å². The Morgan fingerprint density at radius 2 is 1.90 bits per heavy atom. The summed E-state index contributed by atoms with van der Waals surface area (Å²) < 4.78 is 1.67. The van der Waals surface area contributed by atoms with Gasteiger partial charge in [-0.3, -0.25) is 9.48 Å². The second-order valence-electron chi connectivity index (χ2n) is 4.60. The van der Waals surface area contributed by atoms with Crippen molar-refractivity contribution in [2.24, 2.45) is 7.05 Å². The van der Waals surface area contributed by atoms with Crippen LogP contribution in [0, 0.1) is 11.3 Å². The van der Waals surface area contributed by atoms with Gasteiger partial charge in [0.2, 0.25) is 0 Å². The van der Waals surface area contributed by atoms with Crippen LogP contribution < -0.4 is 5.32 Å². The van der Waals surface area contributed by atoms with Crippen LogP contribution in [0.5, 0.6) is 0 Å². The van der Waals surface area contributed by atoms with Crippen molar-refractivity contribution in [3.63, 3.8) is 0 Å². The smallest absolute Gasteiger partial charge is 0.276 e. The number of hydrogen-bond acceptors (Lipinski definition) is 3. The van der Waals surface area contributed by atoms with E-state index in [-0.39, 0.29) is 5.91 Å². The number of hydrogen-bond donors (Lipinski definition) is 1. The largest absolute Gasteiger partial charge is 0.319 e. The van der Waals surface area contributed by atoms with Crippen LogP contribution in [-0.2, 0) is 7.05 Å². The summed E-state index contributed by atoms with van der Waals surface area (Å²) in [6, 6.07) is 16.5. The lowest BCUT2D eigenvalue weighted by atomic mass is 10.1. The molecule has 0 saturated carbocycles. The summed E-state index contributed by atoms with van der Waals surface area (Å²) in [6.07, 6.45) is 0. The van der Waals surface area contributed by atoms with E-state index in [2.05, 4.69) is 16.5 Å². The van der Waals surface area contributed by atoms with Gasteiger partial charge in [-0.2, -0.15) is 10.4 Å². The predicted octanol–water partition coefficient (Wildman–Crippen LogP) is 2.70. The number of nitrogens with one attached hydrogen (secondary N) is 1. The quantitative estimate of drug-likeness (QED) is 0.782. The Morgan fingerprint density at radius 3 is 2.71 bits per heavy atom. The van der Waals surface area contributed by atoms with E-state index in [1.807, 2.05) is 24.3 Å². The number of aryl methyl sites for hydroxylation is 1. The molecule has 0 aliphatic rings. The third-order valence-corrected chi connectivity index (χ3v) is 3.27. The molecule has 0 fully saturated rings. The molecule has 0 aliphatic carbocycles. The molecule has 0 atom stereocenters. The van der Waals surface area contributed by atoms with Gasteiger partial charge in [0.25, 0.3) is 5.91 Å². The fourth-order valence-corrected chi connectivity index (χ4v) is 2.25. The Kier molecular flexibility index (Phi) is 3.13. The summed E-state index contributed by atoms with van der Waals surface area (Å²) in [7, 11) is 1.79. The first-order valence-corrected chi connectivity index (χ1v) is 6.43. The summed E-state index contributed by atoms with van der Waals surface area (Å²) >= 11 is 0. The highest BCUT2D eigenvalue weighted by Crippen LogP contribution is 2.20. The maximum absolute atomic E-state index is 12.4. The number of fused-ring (bicyclic) bond motifs is 1. The molecule has 2 aromatic carbocycles. The van der Waals surface area contributed by atoms with Crippen LogP contribution in [-0.4, -0.2) is 15.7 Å². The van der Waals surface area contributed by atoms with Crippen LogP contribution in [0.1, 0.15) is 16.1 Å². The number of carbonyl (C=O) groups excluding carboxylic acids is 1. The van der Waals surface area contributed by atoms with Gasteiger partial charge in [0, 0.05) is 12.4 Å². The average Bonchev–Trinajstić information content (AvgIpc) is 2.86. The van der Waals surface area contributed by atoms with Gasteiger partial charge in [0.1, 0.15) is 6.07 Å². The van der Waals surface area contributed by atoms with Crippen molar-refractivity contribution in [2.45, 2.75) is 0 Å². The van der Waals surface area contributed by atoms with Gasteiger partial charge in [0.15, 0.2) is 5.69 Å². The van der Waals surface area contributed by atoms with Crippen molar-refractivity contribution in [1.82, 2.24) is 9.78 Å². The highest BCUT2D eigenvalue weighted by molar-refractivity contribution is 6.11. The van der Waals surface area contributed by atoms with E-state index in [0.29, 0.717) is 16.9 Å². The summed E-state index contributed by atoms with van der Waals surface area (Å²) in [5.41, 5.74) is 2.14. The Bertz CT molecular complexity index is 873. The van der Waals surface area contributed by atoms with Crippen molar-refractivity contribution in [1.29, 1.82) is 5.26 Å². The zero-order valence-electron chi connectivity index (χ0n) is 11.4. The van der Waals surface area contributed by atoms with Crippen LogP contribution in [0.4, 0.5) is 5.69 Å². The molecule has 1 heterocycles. The number of nitriles is 1. The highest BCUT2D eigenvalue weighted by atomic mass is 16.2. The van der Waals surface area contributed by atoms with Crippen LogP contribution in [0.3, 0.4) is 0 Å². The van der Waals surface area contributed by atoms with Gasteiger partial charge in [-0.1, -0.05) is 30.3 Å². The lowest BCUT2D eigenvalue weighted by Gasteiger charge is -2.05. The van der Waals surface area contributed by atoms with Crippen molar-refractivity contribution in [3.05, 3.63) is 59.8 Å². The van der Waals surface area contributed by atoms with Crippen LogP contribution in [0.2, 0.25) is 0 Å². The number of anilines is 1. The molecule has 0 saturated heterocycles. The number of para-hydroxylation sites is 2. The molecule has 102 valence electrons. The lowest BCUT2D eigenvalue weighted by molar-refractivity contribution is 0.102. The minimum Gasteiger partial charge on any atom is -0.319 e. The van der Waals surface area contributed by atoms with Gasteiger partial charge in [-0.15, -0.1) is 0 Å². The zero-order chi connectivity index (χ0) is 14.8. The maximum atomic E-state index is 12.4. The number of aromatic nitrogens is 2. The van der Waals surface area contributed by atoms with Gasteiger partial charge in [0.05, 0.1) is 16.8 Å². The van der Waals surface area contributed by atoms with E-state index in [9.17, 15) is 4.79 Å². The molecule has 0 bridgehead atoms. The molecule has 0 unspecified atom stereocenters. The molecular weight excluding hydrogens is 264 g/mol. The highest BCUT2D eigenvalue weighted by Gasteiger charge is 2.16. The second kappa shape index (κ2) is 5.10. The molecule has 3 rings (SSSR count). The van der Waals surface area contributed by atoms with E-state index < -0.39 is 0 Å². The second-order valence-corrected chi connectivity index (χ2v) is 4.60. The molecule has 1 N–H and O–H groups in total. The van der Waals surface area contributed by atoms with E-state index in [0.717, 1.165) is 10.9 Å². The minimum absolute atomic E-state index is 0.325. The van der Waals surface area contributed by atoms with Crippen molar-refractivity contribution in [2.75, 3.05) is 5.32 Å². The third-order valence-electron chi connectivity index (χ3n) is 3.27.